The largest absolute Gasteiger partial charge is 0.352 e. The van der Waals surface area contributed by atoms with Crippen molar-refractivity contribution in [1.29, 1.82) is 0 Å². The summed E-state index contributed by atoms with van der Waals surface area (Å²) in [7, 11) is 3.38. The van der Waals surface area contributed by atoms with Crippen LogP contribution in [0.3, 0.4) is 0 Å². The van der Waals surface area contributed by atoms with Crippen molar-refractivity contribution in [2.24, 2.45) is 0 Å². The zero-order valence-electron chi connectivity index (χ0n) is 11.9. The Balaban J connectivity index is 2.42. The summed E-state index contributed by atoms with van der Waals surface area (Å²) >= 11 is 2.05. The summed E-state index contributed by atoms with van der Waals surface area (Å²) in [6, 6.07) is 4.66. The highest BCUT2D eigenvalue weighted by molar-refractivity contribution is 14.1. The van der Waals surface area contributed by atoms with Gasteiger partial charge in [0.1, 0.15) is 11.7 Å². The number of hydrogen-bond donors (Lipinski definition) is 1. The molecule has 1 aliphatic heterocycles. The first-order chi connectivity index (χ1) is 9.91. The van der Waals surface area contributed by atoms with Crippen molar-refractivity contribution in [1.82, 2.24) is 10.2 Å². The van der Waals surface area contributed by atoms with Crippen molar-refractivity contribution in [3.05, 3.63) is 31.9 Å². The number of benzene rings is 1. The van der Waals surface area contributed by atoms with E-state index in [-0.39, 0.29) is 11.6 Å². The molecule has 1 aliphatic rings. The number of likely N-dealkylation sites (N-methyl/N-ethyl adjacent to an activating group) is 1. The molecule has 0 bridgehead atoms. The molecule has 0 aliphatic carbocycles. The van der Waals surface area contributed by atoms with Gasteiger partial charge in [0.15, 0.2) is 0 Å². The van der Waals surface area contributed by atoms with Gasteiger partial charge in [0.05, 0.1) is 4.92 Å². The summed E-state index contributed by atoms with van der Waals surface area (Å²) in [5, 5.41) is 14.5. The van der Waals surface area contributed by atoms with Gasteiger partial charge >= 0.3 is 0 Å². The maximum absolute atomic E-state index is 12.3. The van der Waals surface area contributed by atoms with Crippen LogP contribution in [0.25, 0.3) is 0 Å². The molecule has 7 nitrogen and oxygen atoms in total. The highest BCUT2D eigenvalue weighted by atomic mass is 127. The highest BCUT2D eigenvalue weighted by Gasteiger charge is 2.33. The van der Waals surface area contributed by atoms with E-state index in [0.717, 1.165) is 3.57 Å². The zero-order valence-corrected chi connectivity index (χ0v) is 14.0. The fourth-order valence-electron chi connectivity index (χ4n) is 2.40. The number of nitro benzene ring substituents is 1. The third kappa shape index (κ3) is 3.43. The van der Waals surface area contributed by atoms with Crippen molar-refractivity contribution < 1.29 is 9.72 Å². The van der Waals surface area contributed by atoms with E-state index in [0.29, 0.717) is 25.3 Å². The number of rotatable bonds is 3. The van der Waals surface area contributed by atoms with Crippen molar-refractivity contribution in [3.63, 3.8) is 0 Å². The van der Waals surface area contributed by atoms with Gasteiger partial charge in [0, 0.05) is 43.4 Å². The first-order valence-corrected chi connectivity index (χ1v) is 7.62. The number of carbonyl (C=O) groups is 1. The molecule has 8 heteroatoms. The number of halogens is 1. The summed E-state index contributed by atoms with van der Waals surface area (Å²) in [5.74, 6) is -0.0601. The first kappa shape index (κ1) is 16.0. The molecule has 1 unspecified atom stereocenters. The van der Waals surface area contributed by atoms with Crippen LogP contribution in [-0.4, -0.2) is 55.5 Å². The number of hydrogen-bond acceptors (Lipinski definition) is 5. The van der Waals surface area contributed by atoms with Crippen molar-refractivity contribution in [2.75, 3.05) is 38.6 Å². The minimum absolute atomic E-state index is 0.0420. The average molecular weight is 404 g/mol. The number of amides is 1. The van der Waals surface area contributed by atoms with E-state index in [2.05, 4.69) is 5.32 Å². The number of carbonyl (C=O) groups excluding carboxylic acids is 1. The van der Waals surface area contributed by atoms with E-state index in [1.807, 2.05) is 33.6 Å². The second-order valence-corrected chi connectivity index (χ2v) is 6.28. The quantitative estimate of drug-likeness (QED) is 0.463. The molecule has 0 spiro atoms. The molecule has 0 saturated carbocycles. The van der Waals surface area contributed by atoms with E-state index >= 15 is 0 Å². The predicted molar refractivity (Wildman–Crippen MR) is 88.5 cm³/mol. The Labute approximate surface area is 136 Å². The van der Waals surface area contributed by atoms with Crippen LogP contribution >= 0.6 is 22.6 Å². The Hall–Kier alpha value is -1.42. The lowest BCUT2D eigenvalue weighted by molar-refractivity contribution is -0.384. The lowest BCUT2D eigenvalue weighted by Gasteiger charge is -2.37. The molecule has 1 aromatic carbocycles. The standard InChI is InChI=1S/C13H17IN4O3/c1-16(2)13(19)12-8-15-5-6-17(12)10-4-3-9(14)7-11(10)18(20)21/h3-4,7,12,15H,5-6,8H2,1-2H3. The summed E-state index contributed by atoms with van der Waals surface area (Å²) < 4.78 is 0.800. The van der Waals surface area contributed by atoms with Crippen LogP contribution in [0.5, 0.6) is 0 Å². The van der Waals surface area contributed by atoms with Gasteiger partial charge in [-0.1, -0.05) is 0 Å². The van der Waals surface area contributed by atoms with Gasteiger partial charge in [-0.25, -0.2) is 0 Å². The van der Waals surface area contributed by atoms with Gasteiger partial charge in [-0.15, -0.1) is 0 Å². The van der Waals surface area contributed by atoms with Crippen LogP contribution in [0.2, 0.25) is 0 Å². The van der Waals surface area contributed by atoms with Gasteiger partial charge in [0.25, 0.3) is 5.69 Å². The van der Waals surface area contributed by atoms with Gasteiger partial charge in [-0.05, 0) is 34.7 Å². The molecule has 0 aromatic heterocycles. The topological polar surface area (TPSA) is 78.7 Å². The molecule has 1 amide bonds. The van der Waals surface area contributed by atoms with Gasteiger partial charge in [-0.2, -0.15) is 0 Å². The number of nitro groups is 1. The summed E-state index contributed by atoms with van der Waals surface area (Å²) in [5.41, 5.74) is 0.544. The van der Waals surface area contributed by atoms with Crippen LogP contribution in [0.4, 0.5) is 11.4 Å². The van der Waals surface area contributed by atoms with E-state index in [4.69, 9.17) is 0 Å². The Kier molecular flexibility index (Phi) is 4.99. The van der Waals surface area contributed by atoms with Crippen molar-refractivity contribution in [3.8, 4) is 0 Å². The molecule has 114 valence electrons. The van der Waals surface area contributed by atoms with Crippen LogP contribution in [0, 0.1) is 13.7 Å². The molecule has 0 radical (unpaired) electrons. The van der Waals surface area contributed by atoms with E-state index in [9.17, 15) is 14.9 Å². The summed E-state index contributed by atoms with van der Waals surface area (Å²) in [4.78, 5) is 26.5. The second-order valence-electron chi connectivity index (χ2n) is 5.04. The van der Waals surface area contributed by atoms with Gasteiger partial charge in [0.2, 0.25) is 5.91 Å². The smallest absolute Gasteiger partial charge is 0.293 e. The second kappa shape index (κ2) is 6.56. The summed E-state index contributed by atoms with van der Waals surface area (Å²) in [6.07, 6.45) is 0. The molecule has 2 rings (SSSR count). The monoisotopic (exact) mass is 404 g/mol. The number of nitrogens with one attached hydrogen (secondary N) is 1. The Morgan fingerprint density at radius 3 is 2.86 bits per heavy atom. The minimum Gasteiger partial charge on any atom is -0.352 e. The Bertz CT molecular complexity index is 564. The number of anilines is 1. The maximum atomic E-state index is 12.3. The maximum Gasteiger partial charge on any atom is 0.293 e. The van der Waals surface area contributed by atoms with E-state index in [1.54, 1.807) is 20.2 Å². The van der Waals surface area contributed by atoms with Gasteiger partial charge < -0.3 is 15.1 Å². The third-order valence-electron chi connectivity index (χ3n) is 3.41. The van der Waals surface area contributed by atoms with Crippen LogP contribution in [0.1, 0.15) is 0 Å². The normalized spacial score (nSPS) is 18.4. The molecule has 1 N–H and O–H groups in total. The Morgan fingerprint density at radius 2 is 2.24 bits per heavy atom. The predicted octanol–water partition coefficient (Wildman–Crippen LogP) is 1.07. The van der Waals surface area contributed by atoms with Crippen LogP contribution in [-0.2, 0) is 4.79 Å². The fraction of sp³-hybridized carbons (Fsp3) is 0.462. The molecular formula is C13H17IN4O3. The Morgan fingerprint density at radius 1 is 1.52 bits per heavy atom. The van der Waals surface area contributed by atoms with E-state index in [1.165, 1.54) is 11.0 Å². The lowest BCUT2D eigenvalue weighted by Crippen LogP contribution is -2.58. The highest BCUT2D eigenvalue weighted by Crippen LogP contribution is 2.31. The molecular weight excluding hydrogens is 387 g/mol. The SMILES string of the molecule is CN(C)C(=O)C1CNCCN1c1ccc(I)cc1[N+](=O)[O-]. The third-order valence-corrected chi connectivity index (χ3v) is 4.08. The van der Waals surface area contributed by atoms with Gasteiger partial charge in [-0.3, -0.25) is 14.9 Å². The summed E-state index contributed by atoms with van der Waals surface area (Å²) in [6.45, 7) is 1.74. The minimum atomic E-state index is -0.424. The molecule has 1 aromatic rings. The van der Waals surface area contributed by atoms with E-state index < -0.39 is 11.0 Å². The molecule has 1 heterocycles. The van der Waals surface area contributed by atoms with Crippen molar-refractivity contribution >= 4 is 39.9 Å². The van der Waals surface area contributed by atoms with Crippen LogP contribution in [0.15, 0.2) is 18.2 Å². The first-order valence-electron chi connectivity index (χ1n) is 6.54. The molecule has 21 heavy (non-hydrogen) atoms. The number of nitrogens with zero attached hydrogens (tertiary/aromatic N) is 3. The molecule has 1 fully saturated rings. The average Bonchev–Trinajstić information content (AvgIpc) is 2.46. The van der Waals surface area contributed by atoms with Crippen molar-refractivity contribution in [2.45, 2.75) is 6.04 Å². The fourth-order valence-corrected chi connectivity index (χ4v) is 2.87. The molecule has 1 saturated heterocycles. The van der Waals surface area contributed by atoms with Crippen LogP contribution < -0.4 is 10.2 Å². The molecule has 1 atom stereocenters. The number of piperazine rings is 1. The zero-order chi connectivity index (χ0) is 15.6. The lowest BCUT2D eigenvalue weighted by atomic mass is 10.1.